The van der Waals surface area contributed by atoms with Gasteiger partial charge in [0.05, 0.1) is 26.5 Å². The first-order valence-electron chi connectivity index (χ1n) is 10.8. The normalized spacial score (nSPS) is 11.3. The summed E-state index contributed by atoms with van der Waals surface area (Å²) in [6, 6.07) is 17.1. The highest BCUT2D eigenvalue weighted by Crippen LogP contribution is 2.27. The van der Waals surface area contributed by atoms with Gasteiger partial charge in [-0.1, -0.05) is 22.9 Å². The van der Waals surface area contributed by atoms with Gasteiger partial charge in [0.15, 0.2) is 0 Å². The van der Waals surface area contributed by atoms with Gasteiger partial charge in [0.2, 0.25) is 0 Å². The van der Waals surface area contributed by atoms with E-state index in [1.807, 2.05) is 31.2 Å². The molecule has 0 amide bonds. The molecule has 1 aromatic heterocycles. The number of hydrogen-bond acceptors (Lipinski definition) is 6. The summed E-state index contributed by atoms with van der Waals surface area (Å²) in [4.78, 5) is 28.1. The minimum Gasteiger partial charge on any atom is -0.488 e. The van der Waals surface area contributed by atoms with Crippen LogP contribution in [-0.4, -0.2) is 20.8 Å². The predicted molar refractivity (Wildman–Crippen MR) is 142 cm³/mol. The van der Waals surface area contributed by atoms with Crippen molar-refractivity contribution >= 4 is 54.7 Å². The van der Waals surface area contributed by atoms with Crippen molar-refractivity contribution in [3.63, 3.8) is 0 Å². The Morgan fingerprint density at radius 2 is 1.89 bits per heavy atom. The number of hydrogen-bond donors (Lipinski definition) is 0. The number of aryl methyl sites for hydroxylation is 1. The van der Waals surface area contributed by atoms with Crippen LogP contribution in [0.5, 0.6) is 5.75 Å². The first-order chi connectivity index (χ1) is 16.9. The average molecular weight is 600 g/mol. The summed E-state index contributed by atoms with van der Waals surface area (Å²) in [7, 11) is 0. The van der Waals surface area contributed by atoms with E-state index < -0.39 is 4.92 Å². The fourth-order valence-corrected chi connectivity index (χ4v) is 4.29. The van der Waals surface area contributed by atoms with Crippen LogP contribution in [0.3, 0.4) is 0 Å². The molecule has 0 saturated carbocycles. The molecule has 10 heteroatoms. The molecule has 0 aliphatic carbocycles. The van der Waals surface area contributed by atoms with Crippen LogP contribution >= 0.6 is 31.9 Å². The molecule has 0 aliphatic rings. The second-order valence-corrected chi connectivity index (χ2v) is 9.47. The largest absolute Gasteiger partial charge is 0.488 e. The fourth-order valence-electron chi connectivity index (χ4n) is 3.41. The van der Waals surface area contributed by atoms with Gasteiger partial charge in [-0.3, -0.25) is 14.9 Å². The maximum atomic E-state index is 13.1. The molecule has 0 fully saturated rings. The maximum absolute atomic E-state index is 13.1. The molecule has 178 valence electrons. The Bertz CT molecular complexity index is 1480. The first kappa shape index (κ1) is 24.7. The van der Waals surface area contributed by atoms with Crippen molar-refractivity contribution in [3.05, 3.63) is 107 Å². The predicted octanol–water partition coefficient (Wildman–Crippen LogP) is 6.24. The van der Waals surface area contributed by atoms with E-state index >= 15 is 0 Å². The number of nitro groups is 1. The Hall–Kier alpha value is -3.37. The quantitative estimate of drug-likeness (QED) is 0.135. The van der Waals surface area contributed by atoms with Crippen molar-refractivity contribution in [2.24, 2.45) is 5.10 Å². The Kier molecular flexibility index (Phi) is 7.72. The number of nitrogens with zero attached hydrogens (tertiary/aromatic N) is 4. The Balaban J connectivity index is 1.55. The highest BCUT2D eigenvalue weighted by molar-refractivity contribution is 9.10. The van der Waals surface area contributed by atoms with Crippen molar-refractivity contribution in [3.8, 4) is 5.75 Å². The number of benzene rings is 3. The number of ether oxygens (including phenoxy) is 1. The molecule has 0 radical (unpaired) electrons. The lowest BCUT2D eigenvalue weighted by molar-refractivity contribution is -0.384. The number of nitro benzene ring substituents is 1. The topological polar surface area (TPSA) is 99.6 Å². The Morgan fingerprint density at radius 3 is 2.57 bits per heavy atom. The molecule has 1 heterocycles. The van der Waals surface area contributed by atoms with E-state index in [-0.39, 0.29) is 17.9 Å². The molecular weight excluding hydrogens is 580 g/mol. The summed E-state index contributed by atoms with van der Waals surface area (Å²) in [5, 5.41) is 15.7. The highest BCUT2D eigenvalue weighted by atomic mass is 79.9. The van der Waals surface area contributed by atoms with Crippen molar-refractivity contribution < 1.29 is 9.66 Å². The van der Waals surface area contributed by atoms with E-state index in [0.717, 1.165) is 22.0 Å². The number of non-ortho nitro benzene ring substituents is 1. The summed E-state index contributed by atoms with van der Waals surface area (Å²) in [5.74, 6) is 1.22. The van der Waals surface area contributed by atoms with Crippen LogP contribution in [0.2, 0.25) is 0 Å². The number of aromatic nitrogens is 2. The van der Waals surface area contributed by atoms with E-state index in [1.54, 1.807) is 30.5 Å². The first-order valence-corrected chi connectivity index (χ1v) is 12.4. The van der Waals surface area contributed by atoms with Crippen molar-refractivity contribution in [1.82, 2.24) is 9.66 Å². The average Bonchev–Trinajstić information content (AvgIpc) is 2.84. The number of halogens is 2. The van der Waals surface area contributed by atoms with E-state index in [0.29, 0.717) is 33.4 Å². The zero-order valence-electron chi connectivity index (χ0n) is 18.6. The van der Waals surface area contributed by atoms with Gasteiger partial charge in [-0.15, -0.1) is 0 Å². The number of rotatable bonds is 8. The van der Waals surface area contributed by atoms with Crippen LogP contribution in [0.4, 0.5) is 5.69 Å². The smallest absolute Gasteiger partial charge is 0.282 e. The van der Waals surface area contributed by atoms with Crippen LogP contribution in [0.25, 0.3) is 10.9 Å². The number of fused-ring (bicyclic) bond motifs is 1. The lowest BCUT2D eigenvalue weighted by atomic mass is 10.2. The van der Waals surface area contributed by atoms with Gasteiger partial charge in [0.1, 0.15) is 18.2 Å². The summed E-state index contributed by atoms with van der Waals surface area (Å²) in [6.45, 7) is 2.29. The minimum absolute atomic E-state index is 0.0361. The van der Waals surface area contributed by atoms with Crippen molar-refractivity contribution in [1.29, 1.82) is 0 Å². The molecule has 4 rings (SSSR count). The molecular formula is C25H20Br2N4O4. The van der Waals surface area contributed by atoms with Crippen molar-refractivity contribution in [2.75, 3.05) is 0 Å². The molecule has 3 aromatic carbocycles. The van der Waals surface area contributed by atoms with Crippen LogP contribution in [0.15, 0.2) is 79.5 Å². The van der Waals surface area contributed by atoms with Gasteiger partial charge < -0.3 is 4.74 Å². The summed E-state index contributed by atoms with van der Waals surface area (Å²) in [5.41, 5.74) is 2.03. The Labute approximate surface area is 217 Å². The molecule has 0 atom stereocenters. The molecule has 0 bridgehead atoms. The molecule has 8 nitrogen and oxygen atoms in total. The molecule has 35 heavy (non-hydrogen) atoms. The monoisotopic (exact) mass is 598 g/mol. The van der Waals surface area contributed by atoms with Crippen LogP contribution < -0.4 is 10.3 Å². The third-order valence-corrected chi connectivity index (χ3v) is 6.28. The molecule has 0 spiro atoms. The van der Waals surface area contributed by atoms with Gasteiger partial charge >= 0.3 is 0 Å². The fraction of sp³-hybridized carbons (Fsp3) is 0.160. The molecule has 0 saturated heterocycles. The van der Waals surface area contributed by atoms with E-state index in [4.69, 9.17) is 4.74 Å². The second-order valence-electron chi connectivity index (χ2n) is 7.70. The van der Waals surface area contributed by atoms with Gasteiger partial charge in [-0.2, -0.15) is 9.78 Å². The standard InChI is InChI=1S/C25H20Br2N4O4/c1-2-3-24-29-22-10-7-18(26)13-20(22)25(32)30(24)28-14-17-6-11-23(21(27)12-17)35-15-16-4-8-19(9-5-16)31(33)34/h4-14H,2-3,15H2,1H3. The summed E-state index contributed by atoms with van der Waals surface area (Å²) >= 11 is 6.92. The van der Waals surface area contributed by atoms with Crippen LogP contribution in [0.1, 0.15) is 30.3 Å². The Morgan fingerprint density at radius 1 is 1.11 bits per heavy atom. The van der Waals surface area contributed by atoms with E-state index in [2.05, 4.69) is 41.9 Å². The third kappa shape index (κ3) is 5.83. The molecule has 0 unspecified atom stereocenters. The zero-order chi connectivity index (χ0) is 24.9. The minimum atomic E-state index is -0.437. The lowest BCUT2D eigenvalue weighted by Gasteiger charge is -2.10. The molecule has 0 N–H and O–H groups in total. The highest BCUT2D eigenvalue weighted by Gasteiger charge is 2.11. The van der Waals surface area contributed by atoms with E-state index in [9.17, 15) is 14.9 Å². The SMILES string of the molecule is CCCc1nc2ccc(Br)cc2c(=O)n1N=Cc1ccc(OCc2ccc([N+](=O)[O-])cc2)c(Br)c1. The maximum Gasteiger partial charge on any atom is 0.282 e. The molecule has 4 aromatic rings. The van der Waals surface area contributed by atoms with Gasteiger partial charge in [0.25, 0.3) is 11.2 Å². The van der Waals surface area contributed by atoms with Crippen LogP contribution in [-0.2, 0) is 13.0 Å². The van der Waals surface area contributed by atoms with Gasteiger partial charge in [0, 0.05) is 23.0 Å². The van der Waals surface area contributed by atoms with Gasteiger partial charge in [-0.25, -0.2) is 4.98 Å². The lowest BCUT2D eigenvalue weighted by Crippen LogP contribution is -2.22. The van der Waals surface area contributed by atoms with Crippen LogP contribution in [0, 0.1) is 10.1 Å². The summed E-state index contributed by atoms with van der Waals surface area (Å²) < 4.78 is 8.71. The third-order valence-electron chi connectivity index (χ3n) is 5.17. The summed E-state index contributed by atoms with van der Waals surface area (Å²) in [6.07, 6.45) is 3.06. The van der Waals surface area contributed by atoms with E-state index in [1.165, 1.54) is 16.8 Å². The van der Waals surface area contributed by atoms with Crippen molar-refractivity contribution in [2.45, 2.75) is 26.4 Å². The van der Waals surface area contributed by atoms with Gasteiger partial charge in [-0.05, 0) is 82.0 Å². The second kappa shape index (κ2) is 10.9. The zero-order valence-corrected chi connectivity index (χ0v) is 21.8. The molecule has 0 aliphatic heterocycles.